The van der Waals surface area contributed by atoms with Crippen molar-refractivity contribution in [3.8, 4) is 0 Å². The number of thioether (sulfide) groups is 1. The minimum Gasteiger partial charge on any atom is -0.377 e. The number of benzene rings is 2. The van der Waals surface area contributed by atoms with Gasteiger partial charge in [0.05, 0.1) is 10.6 Å². The fourth-order valence-electron chi connectivity index (χ4n) is 5.53. The lowest BCUT2D eigenvalue weighted by Gasteiger charge is -2.42. The van der Waals surface area contributed by atoms with E-state index in [4.69, 9.17) is 0 Å². The van der Waals surface area contributed by atoms with Gasteiger partial charge in [-0.3, -0.25) is 9.59 Å². The molecule has 2 aliphatic heterocycles. The monoisotopic (exact) mass is 526 g/mol. The van der Waals surface area contributed by atoms with Gasteiger partial charge in [-0.05, 0) is 42.9 Å². The van der Waals surface area contributed by atoms with Gasteiger partial charge in [0, 0.05) is 61.8 Å². The molecule has 0 saturated carbocycles. The molecule has 10 heteroatoms. The summed E-state index contributed by atoms with van der Waals surface area (Å²) in [6.45, 7) is 1.11. The first-order valence-electron chi connectivity index (χ1n) is 11.9. The first-order valence-corrected chi connectivity index (χ1v) is 14.8. The smallest absolute Gasteiger partial charge is 0.274 e. The molecule has 0 aliphatic carbocycles. The molecule has 8 nitrogen and oxygen atoms in total. The summed E-state index contributed by atoms with van der Waals surface area (Å²) in [5.74, 6) is 0.0149. The molecule has 1 saturated heterocycles. The average molecular weight is 527 g/mol. The first kappa shape index (κ1) is 24.9. The second kappa shape index (κ2) is 9.57. The Balaban J connectivity index is 1.48. The number of hydrogen-bond donors (Lipinski definition) is 1. The molecule has 2 atom stereocenters. The summed E-state index contributed by atoms with van der Waals surface area (Å²) in [5, 5.41) is 4.31. The quantitative estimate of drug-likeness (QED) is 0.531. The zero-order valence-electron chi connectivity index (χ0n) is 20.6. The molecule has 1 N–H and O–H groups in total. The summed E-state index contributed by atoms with van der Waals surface area (Å²) in [5.41, 5.74) is 1.84. The van der Waals surface area contributed by atoms with Crippen molar-refractivity contribution in [3.05, 3.63) is 64.6 Å². The molecular weight excluding hydrogens is 496 g/mol. The molecule has 0 spiro atoms. The Labute approximate surface area is 215 Å². The summed E-state index contributed by atoms with van der Waals surface area (Å²) in [7, 11) is 0.142. The molecule has 2 aliphatic rings. The Kier molecular flexibility index (Phi) is 6.61. The Morgan fingerprint density at radius 3 is 2.56 bits per heavy atom. The van der Waals surface area contributed by atoms with Gasteiger partial charge in [0.25, 0.3) is 5.56 Å². The average Bonchev–Trinajstić information content (AvgIpc) is 2.85. The molecule has 0 radical (unpaired) electrons. The molecule has 36 heavy (non-hydrogen) atoms. The highest BCUT2D eigenvalue weighted by atomic mass is 32.2. The number of anilines is 2. The lowest BCUT2D eigenvalue weighted by atomic mass is 9.84. The molecular formula is C26H30N4O4S2. The Hall–Kier alpha value is -2.82. The van der Waals surface area contributed by atoms with Crippen LogP contribution in [0, 0.1) is 5.92 Å². The van der Waals surface area contributed by atoms with Crippen molar-refractivity contribution in [2.45, 2.75) is 23.8 Å². The number of carbonyl (C=O) groups is 1. The van der Waals surface area contributed by atoms with Crippen molar-refractivity contribution >= 4 is 49.8 Å². The van der Waals surface area contributed by atoms with E-state index in [2.05, 4.69) is 5.32 Å². The molecule has 2 aromatic carbocycles. The summed E-state index contributed by atoms with van der Waals surface area (Å²) in [6, 6.07) is 14.7. The van der Waals surface area contributed by atoms with E-state index in [0.717, 1.165) is 23.2 Å². The summed E-state index contributed by atoms with van der Waals surface area (Å²) < 4.78 is 31.2. The van der Waals surface area contributed by atoms with Crippen LogP contribution in [-0.4, -0.2) is 62.4 Å². The van der Waals surface area contributed by atoms with E-state index in [1.807, 2.05) is 55.6 Å². The number of pyridine rings is 1. The van der Waals surface area contributed by atoms with Crippen LogP contribution in [0.5, 0.6) is 0 Å². The fraction of sp³-hybridized carbons (Fsp3) is 0.385. The number of carbonyl (C=O) groups excluding carboxylic acids is 1. The van der Waals surface area contributed by atoms with Crippen molar-refractivity contribution in [2.24, 2.45) is 5.92 Å². The van der Waals surface area contributed by atoms with Crippen molar-refractivity contribution in [1.29, 1.82) is 0 Å². The number of nitrogens with one attached hydrogen (secondary N) is 1. The van der Waals surface area contributed by atoms with E-state index in [9.17, 15) is 18.0 Å². The maximum Gasteiger partial charge on any atom is 0.274 e. The van der Waals surface area contributed by atoms with Gasteiger partial charge in [-0.1, -0.05) is 24.3 Å². The molecule has 0 unspecified atom stereocenters. The maximum absolute atomic E-state index is 13.9. The zero-order chi connectivity index (χ0) is 25.6. The van der Waals surface area contributed by atoms with Gasteiger partial charge in [0.1, 0.15) is 5.69 Å². The second-order valence-corrected chi connectivity index (χ2v) is 12.5. The predicted molar refractivity (Wildman–Crippen MR) is 146 cm³/mol. The van der Waals surface area contributed by atoms with Gasteiger partial charge in [0.15, 0.2) is 0 Å². The minimum absolute atomic E-state index is 0.0215. The number of amides is 1. The van der Waals surface area contributed by atoms with E-state index in [0.29, 0.717) is 29.9 Å². The predicted octanol–water partition coefficient (Wildman–Crippen LogP) is 3.18. The Bertz CT molecular complexity index is 1500. The number of aromatic nitrogens is 1. The molecule has 5 rings (SSSR count). The fourth-order valence-corrected chi connectivity index (χ4v) is 7.63. The van der Waals surface area contributed by atoms with Crippen molar-refractivity contribution in [2.75, 3.05) is 49.4 Å². The Morgan fingerprint density at radius 2 is 1.81 bits per heavy atom. The van der Waals surface area contributed by atoms with Crippen LogP contribution in [0.2, 0.25) is 0 Å². The van der Waals surface area contributed by atoms with Crippen molar-refractivity contribution in [3.63, 3.8) is 0 Å². The second-order valence-electron chi connectivity index (χ2n) is 9.71. The lowest BCUT2D eigenvalue weighted by Crippen LogP contribution is -2.49. The molecule has 2 bridgehead atoms. The van der Waals surface area contributed by atoms with Crippen LogP contribution in [0.3, 0.4) is 0 Å². The number of nitrogens with zero attached hydrogens (tertiary/aromatic N) is 3. The molecule has 1 fully saturated rings. The van der Waals surface area contributed by atoms with Crippen LogP contribution in [0.15, 0.2) is 58.2 Å². The number of hydrogen-bond acceptors (Lipinski definition) is 6. The maximum atomic E-state index is 13.9. The molecule has 190 valence electrons. The third-order valence-electron chi connectivity index (χ3n) is 7.08. The third-order valence-corrected chi connectivity index (χ3v) is 9.52. The largest absolute Gasteiger partial charge is 0.377 e. The first-order chi connectivity index (χ1) is 17.2. The highest BCUT2D eigenvalue weighted by Gasteiger charge is 2.40. The standard InChI is InChI=1S/C26H30N4O4S2/c1-28(2)23-8-4-7-20-19(23)6-5-9-24(20)36(33,34)29-13-17-12-18(15-29)22-11-10-21(26(32)30(22)14-17)27-25(31)16-35-3/h4-11,17-18H,12-16H2,1-3H3,(H,27,31)/t17-,18+/m0/s1. The normalized spacial score (nSPS) is 19.6. The highest BCUT2D eigenvalue weighted by Crippen LogP contribution is 2.39. The van der Waals surface area contributed by atoms with E-state index >= 15 is 0 Å². The van der Waals surface area contributed by atoms with E-state index in [1.54, 1.807) is 27.1 Å². The lowest BCUT2D eigenvalue weighted by molar-refractivity contribution is -0.113. The van der Waals surface area contributed by atoms with Gasteiger partial charge in [-0.25, -0.2) is 8.42 Å². The molecule has 3 heterocycles. The van der Waals surface area contributed by atoms with E-state index in [1.165, 1.54) is 11.8 Å². The molecule has 1 amide bonds. The SMILES string of the molecule is CSCC(=O)Nc1ccc2n(c1=O)C[C@H]1C[C@@H]2CN(S(=O)(=O)c2cccc3c(N(C)C)cccc23)C1. The number of sulfonamides is 1. The Morgan fingerprint density at radius 1 is 1.06 bits per heavy atom. The van der Waals surface area contributed by atoms with Crippen LogP contribution >= 0.6 is 11.8 Å². The summed E-state index contributed by atoms with van der Waals surface area (Å²) in [6.07, 6.45) is 2.67. The minimum atomic E-state index is -3.75. The van der Waals surface area contributed by atoms with E-state index < -0.39 is 10.0 Å². The van der Waals surface area contributed by atoms with Crippen LogP contribution in [0.25, 0.3) is 10.8 Å². The van der Waals surface area contributed by atoms with Crippen molar-refractivity contribution in [1.82, 2.24) is 8.87 Å². The summed E-state index contributed by atoms with van der Waals surface area (Å²) >= 11 is 1.39. The van der Waals surface area contributed by atoms with Gasteiger partial charge < -0.3 is 14.8 Å². The molecule has 3 aromatic rings. The van der Waals surface area contributed by atoms with Crippen LogP contribution < -0.4 is 15.8 Å². The summed E-state index contributed by atoms with van der Waals surface area (Å²) in [4.78, 5) is 27.4. The number of piperidine rings is 1. The zero-order valence-corrected chi connectivity index (χ0v) is 22.2. The van der Waals surface area contributed by atoms with Gasteiger partial charge in [0.2, 0.25) is 15.9 Å². The highest BCUT2D eigenvalue weighted by molar-refractivity contribution is 7.99. The number of fused-ring (bicyclic) bond motifs is 5. The van der Waals surface area contributed by atoms with Gasteiger partial charge >= 0.3 is 0 Å². The van der Waals surface area contributed by atoms with Gasteiger partial charge in [-0.2, -0.15) is 16.1 Å². The molecule has 1 aromatic heterocycles. The number of rotatable bonds is 6. The van der Waals surface area contributed by atoms with E-state index in [-0.39, 0.29) is 34.7 Å². The van der Waals surface area contributed by atoms with Crippen LogP contribution in [-0.2, 0) is 21.4 Å². The van der Waals surface area contributed by atoms with Gasteiger partial charge in [-0.15, -0.1) is 0 Å². The van der Waals surface area contributed by atoms with Crippen molar-refractivity contribution < 1.29 is 13.2 Å². The van der Waals surface area contributed by atoms with Crippen LogP contribution in [0.1, 0.15) is 18.0 Å². The topological polar surface area (TPSA) is 91.7 Å². The third kappa shape index (κ3) is 4.31. The van der Waals surface area contributed by atoms with Crippen LogP contribution in [0.4, 0.5) is 11.4 Å².